The predicted molar refractivity (Wildman–Crippen MR) is 276 cm³/mol. The van der Waals surface area contributed by atoms with Crippen LogP contribution in [0.5, 0.6) is 0 Å². The Kier molecular flexibility index (Phi) is 9.22. The molecule has 4 heteroatoms. The molecule has 0 saturated heterocycles. The Hall–Kier alpha value is -7.77. The van der Waals surface area contributed by atoms with E-state index in [2.05, 4.69) is 276 Å². The van der Waals surface area contributed by atoms with Crippen molar-refractivity contribution in [3.05, 3.63) is 267 Å². The topological polar surface area (TPSA) is 8.17 Å². The molecule has 0 atom stereocenters. The summed E-state index contributed by atoms with van der Waals surface area (Å²) in [5.74, 6) is 0. The number of nitrogens with zero attached hydrogens (tertiary/aromatic N) is 2. The van der Waals surface area contributed by atoms with Crippen LogP contribution in [0.3, 0.4) is 0 Å². The summed E-state index contributed by atoms with van der Waals surface area (Å²) in [6.07, 6.45) is 0. The molecule has 0 spiro atoms. The zero-order valence-electron chi connectivity index (χ0n) is 35.3. The molecule has 10 aromatic carbocycles. The van der Waals surface area contributed by atoms with Crippen molar-refractivity contribution in [3.63, 3.8) is 0 Å². The molecule has 0 radical (unpaired) electrons. The lowest BCUT2D eigenvalue weighted by Crippen LogP contribution is -2.93. The fourth-order valence-electron chi connectivity index (χ4n) is 11.0. The third-order valence-corrected chi connectivity index (χ3v) is 23.9. The summed E-state index contributed by atoms with van der Waals surface area (Å²) in [4.78, 5) is 2.35. The van der Waals surface area contributed by atoms with E-state index in [0.717, 1.165) is 22.7 Å². The Bertz CT molecular complexity index is 3300. The van der Waals surface area contributed by atoms with E-state index < -0.39 is 16.1 Å². The minimum Gasteiger partial charge on any atom is -0.310 e. The third kappa shape index (κ3) is 5.70. The summed E-state index contributed by atoms with van der Waals surface area (Å²) in [5, 5.41) is 14.0. The van der Waals surface area contributed by atoms with Crippen LogP contribution in [-0.2, 0) is 0 Å². The molecule has 1 aliphatic rings. The first kappa shape index (κ1) is 38.0. The molecule has 1 aromatic heterocycles. The number of benzene rings is 10. The predicted octanol–water partition coefficient (Wildman–Crippen LogP) is 9.32. The second kappa shape index (κ2) is 15.5. The maximum atomic E-state index is 2.48. The second-order valence-electron chi connectivity index (χ2n) is 16.8. The lowest BCUT2D eigenvalue weighted by atomic mass is 10.1. The number of hydrogen-bond acceptors (Lipinski definition) is 1. The van der Waals surface area contributed by atoms with Gasteiger partial charge in [0.1, 0.15) is 0 Å². The highest BCUT2D eigenvalue weighted by Crippen LogP contribution is 2.39. The van der Waals surface area contributed by atoms with Crippen LogP contribution in [0.15, 0.2) is 267 Å². The Morgan fingerprint density at radius 1 is 0.266 bits per heavy atom. The molecule has 0 aliphatic carbocycles. The van der Waals surface area contributed by atoms with Gasteiger partial charge in [0.25, 0.3) is 0 Å². The van der Waals surface area contributed by atoms with E-state index in [9.17, 15) is 0 Å². The number of para-hydroxylation sites is 3. The Morgan fingerprint density at radius 3 is 1.08 bits per heavy atom. The molecule has 0 saturated carbocycles. The first-order chi connectivity index (χ1) is 31.8. The fraction of sp³-hybridized carbons (Fsp3) is 0. The van der Waals surface area contributed by atoms with E-state index in [0.29, 0.717) is 0 Å². The minimum absolute atomic E-state index is 1.12. The summed E-state index contributed by atoms with van der Waals surface area (Å²) < 4.78 is 2.45. The van der Waals surface area contributed by atoms with E-state index >= 15 is 0 Å². The average molecular weight is 849 g/mol. The van der Waals surface area contributed by atoms with Gasteiger partial charge < -0.3 is 9.47 Å². The highest BCUT2D eigenvalue weighted by Gasteiger charge is 2.56. The van der Waals surface area contributed by atoms with Gasteiger partial charge in [-0.05, 0) is 102 Å². The molecular weight excluding hydrogens is 805 g/mol. The first-order valence-corrected chi connectivity index (χ1v) is 26.2. The second-order valence-corrected chi connectivity index (χ2v) is 24.3. The molecule has 64 heavy (non-hydrogen) atoms. The van der Waals surface area contributed by atoms with Gasteiger partial charge in [0.05, 0.1) is 11.0 Å². The lowest BCUT2D eigenvalue weighted by molar-refractivity contribution is 1.18. The summed E-state index contributed by atoms with van der Waals surface area (Å²) in [7, 11) is -5.69. The molecule has 2 heterocycles. The summed E-state index contributed by atoms with van der Waals surface area (Å²) in [6.45, 7) is 0. The normalized spacial score (nSPS) is 13.6. The smallest absolute Gasteiger partial charge is 0.179 e. The number of fused-ring (bicyclic) bond motifs is 5. The van der Waals surface area contributed by atoms with Gasteiger partial charge in [0, 0.05) is 33.5 Å². The van der Waals surface area contributed by atoms with Crippen molar-refractivity contribution in [2.75, 3.05) is 4.90 Å². The average Bonchev–Trinajstić information content (AvgIpc) is 3.71. The SMILES string of the molecule is c1ccc(N(c2ccccc2)c2ccc3c(c2)c2ccccc2n3-c2ccc([Si]3(c4ccccc4)c4ccccc4[Si](c4ccccc4)(c4ccccc4)c4ccccc43)cc2)cc1. The van der Waals surface area contributed by atoms with Crippen molar-refractivity contribution < 1.29 is 0 Å². The third-order valence-electron chi connectivity index (χ3n) is 13.6. The van der Waals surface area contributed by atoms with E-state index in [1.165, 1.54) is 63.3 Å². The van der Waals surface area contributed by atoms with Gasteiger partial charge in [-0.15, -0.1) is 0 Å². The molecular formula is C60H44N2Si2. The number of rotatable bonds is 8. The molecule has 0 unspecified atom stereocenters. The zero-order valence-corrected chi connectivity index (χ0v) is 37.3. The van der Waals surface area contributed by atoms with Crippen molar-refractivity contribution in [1.82, 2.24) is 4.57 Å². The van der Waals surface area contributed by atoms with Crippen molar-refractivity contribution in [1.29, 1.82) is 0 Å². The van der Waals surface area contributed by atoms with Gasteiger partial charge in [-0.1, -0.05) is 206 Å². The number of anilines is 3. The molecule has 0 fully saturated rings. The monoisotopic (exact) mass is 848 g/mol. The largest absolute Gasteiger partial charge is 0.310 e. The van der Waals surface area contributed by atoms with Crippen LogP contribution < -0.4 is 46.4 Å². The minimum atomic E-state index is -2.91. The maximum absolute atomic E-state index is 2.91. The van der Waals surface area contributed by atoms with Gasteiger partial charge in [0.2, 0.25) is 0 Å². The standard InChI is InChI=1S/C60H44N2Si2/c1-6-22-45(23-7-1)61(46-24-8-2-9-25-46)48-40-43-56-54(44-48)53-32-16-17-33-55(53)62(56)47-38-41-52(42-39-47)64(51-30-14-5-15-31-51)59-36-20-18-34-57(59)63(49-26-10-3-11-27-49,50-28-12-4-13-29-50)58-35-19-21-37-60(58)64/h1-44H. The lowest BCUT2D eigenvalue weighted by Gasteiger charge is -2.48. The zero-order chi connectivity index (χ0) is 42.5. The van der Waals surface area contributed by atoms with E-state index in [4.69, 9.17) is 0 Å². The van der Waals surface area contributed by atoms with Crippen LogP contribution >= 0.6 is 0 Å². The van der Waals surface area contributed by atoms with Crippen LogP contribution in [0.1, 0.15) is 0 Å². The van der Waals surface area contributed by atoms with Crippen LogP contribution in [0.25, 0.3) is 27.5 Å². The Morgan fingerprint density at radius 2 is 0.625 bits per heavy atom. The van der Waals surface area contributed by atoms with Gasteiger partial charge in [-0.2, -0.15) is 0 Å². The molecule has 2 nitrogen and oxygen atoms in total. The molecule has 0 N–H and O–H groups in total. The summed E-state index contributed by atoms with van der Waals surface area (Å²) in [5.41, 5.74) is 6.91. The molecule has 12 rings (SSSR count). The Balaban J connectivity index is 1.08. The fourth-order valence-corrected chi connectivity index (χ4v) is 23.1. The van der Waals surface area contributed by atoms with Crippen LogP contribution in [0.4, 0.5) is 17.1 Å². The van der Waals surface area contributed by atoms with Gasteiger partial charge >= 0.3 is 0 Å². The van der Waals surface area contributed by atoms with Crippen molar-refractivity contribution in [3.8, 4) is 5.69 Å². The number of hydrogen-bond donors (Lipinski definition) is 0. The number of aromatic nitrogens is 1. The van der Waals surface area contributed by atoms with E-state index in [-0.39, 0.29) is 0 Å². The van der Waals surface area contributed by atoms with Gasteiger partial charge in [-0.3, -0.25) is 0 Å². The quantitative estimate of drug-likeness (QED) is 0.139. The maximum Gasteiger partial charge on any atom is 0.179 e. The van der Waals surface area contributed by atoms with E-state index in [1.807, 2.05) is 0 Å². The van der Waals surface area contributed by atoms with Gasteiger partial charge in [-0.25, -0.2) is 0 Å². The Labute approximate surface area is 376 Å². The highest BCUT2D eigenvalue weighted by molar-refractivity contribution is 7.32. The molecule has 11 aromatic rings. The van der Waals surface area contributed by atoms with Crippen molar-refractivity contribution in [2.45, 2.75) is 0 Å². The highest BCUT2D eigenvalue weighted by atomic mass is 28.3. The van der Waals surface area contributed by atoms with Crippen LogP contribution in [0.2, 0.25) is 0 Å². The van der Waals surface area contributed by atoms with Crippen molar-refractivity contribution in [2.24, 2.45) is 0 Å². The molecule has 0 bridgehead atoms. The first-order valence-electron chi connectivity index (χ1n) is 22.2. The molecule has 302 valence electrons. The molecule has 1 aliphatic heterocycles. The van der Waals surface area contributed by atoms with Crippen LogP contribution in [-0.4, -0.2) is 20.7 Å². The van der Waals surface area contributed by atoms with Gasteiger partial charge in [0.15, 0.2) is 16.1 Å². The summed E-state index contributed by atoms with van der Waals surface area (Å²) >= 11 is 0. The van der Waals surface area contributed by atoms with E-state index in [1.54, 1.807) is 0 Å². The molecule has 0 amide bonds. The van der Waals surface area contributed by atoms with Crippen LogP contribution in [0, 0.1) is 0 Å². The van der Waals surface area contributed by atoms with Crippen molar-refractivity contribution >= 4 is 96.5 Å². The summed E-state index contributed by atoms with van der Waals surface area (Å²) in [6, 6.07) is 100.